The van der Waals surface area contributed by atoms with Crippen molar-refractivity contribution in [3.8, 4) is 0 Å². The van der Waals surface area contributed by atoms with Gasteiger partial charge in [0.2, 0.25) is 0 Å². The van der Waals surface area contributed by atoms with E-state index in [2.05, 4.69) is 27.1 Å². The standard InChI is InChI=1S/C18H19N3OS/c1-12-7-8-13(2)15(11-12)18(22)20-10-9-19-17-14-5-3-4-6-16(14)23-21-17/h3-8,11H,9-10H2,1-2H3,(H,19,21)(H,20,22). The van der Waals surface area contributed by atoms with E-state index in [4.69, 9.17) is 0 Å². The van der Waals surface area contributed by atoms with Crippen LogP contribution in [0.5, 0.6) is 0 Å². The van der Waals surface area contributed by atoms with Gasteiger partial charge in [-0.2, -0.15) is 4.37 Å². The lowest BCUT2D eigenvalue weighted by atomic mass is 10.1. The molecule has 5 heteroatoms. The molecule has 0 fully saturated rings. The lowest BCUT2D eigenvalue weighted by Crippen LogP contribution is -2.29. The normalized spacial score (nSPS) is 10.7. The average molecular weight is 325 g/mol. The number of carbonyl (C=O) groups is 1. The number of anilines is 1. The molecule has 0 aliphatic rings. The van der Waals surface area contributed by atoms with E-state index in [1.165, 1.54) is 11.5 Å². The van der Waals surface area contributed by atoms with Crippen LogP contribution >= 0.6 is 11.5 Å². The van der Waals surface area contributed by atoms with Crippen molar-refractivity contribution >= 4 is 33.3 Å². The smallest absolute Gasteiger partial charge is 0.251 e. The minimum Gasteiger partial charge on any atom is -0.367 e. The molecule has 0 spiro atoms. The molecule has 0 bridgehead atoms. The van der Waals surface area contributed by atoms with Gasteiger partial charge >= 0.3 is 0 Å². The SMILES string of the molecule is Cc1ccc(C)c(C(=O)NCCNc2nsc3ccccc23)c1. The van der Waals surface area contributed by atoms with Crippen LogP contribution in [0.15, 0.2) is 42.5 Å². The van der Waals surface area contributed by atoms with Gasteiger partial charge in [0.1, 0.15) is 5.82 Å². The molecule has 23 heavy (non-hydrogen) atoms. The third-order valence-corrected chi connectivity index (χ3v) is 4.54. The van der Waals surface area contributed by atoms with Gasteiger partial charge in [-0.15, -0.1) is 0 Å². The second kappa shape index (κ2) is 6.79. The molecule has 0 aliphatic carbocycles. The third kappa shape index (κ3) is 3.51. The number of amides is 1. The molecule has 0 saturated heterocycles. The van der Waals surface area contributed by atoms with Gasteiger partial charge in [0.05, 0.1) is 4.70 Å². The molecule has 3 rings (SSSR count). The van der Waals surface area contributed by atoms with Crippen molar-refractivity contribution in [2.24, 2.45) is 0 Å². The highest BCUT2D eigenvalue weighted by Crippen LogP contribution is 2.25. The van der Waals surface area contributed by atoms with E-state index < -0.39 is 0 Å². The predicted octanol–water partition coefficient (Wildman–Crippen LogP) is 3.76. The molecule has 1 amide bonds. The lowest BCUT2D eigenvalue weighted by Gasteiger charge is -2.09. The van der Waals surface area contributed by atoms with Gasteiger partial charge in [-0.05, 0) is 49.1 Å². The fourth-order valence-corrected chi connectivity index (χ4v) is 3.20. The number of benzene rings is 2. The Bertz CT molecular complexity index is 841. The van der Waals surface area contributed by atoms with Crippen molar-refractivity contribution < 1.29 is 4.79 Å². The number of aryl methyl sites for hydroxylation is 2. The van der Waals surface area contributed by atoms with Crippen molar-refractivity contribution in [1.29, 1.82) is 0 Å². The molecule has 0 atom stereocenters. The quantitative estimate of drug-likeness (QED) is 0.702. The average Bonchev–Trinajstić information content (AvgIpc) is 2.97. The van der Waals surface area contributed by atoms with E-state index >= 15 is 0 Å². The first-order chi connectivity index (χ1) is 11.1. The van der Waals surface area contributed by atoms with Crippen molar-refractivity contribution in [2.45, 2.75) is 13.8 Å². The number of rotatable bonds is 5. The van der Waals surface area contributed by atoms with E-state index in [1.54, 1.807) is 0 Å². The monoisotopic (exact) mass is 325 g/mol. The Labute approximate surface area is 139 Å². The van der Waals surface area contributed by atoms with E-state index in [9.17, 15) is 4.79 Å². The Balaban J connectivity index is 1.55. The minimum atomic E-state index is -0.0314. The van der Waals surface area contributed by atoms with Gasteiger partial charge in [-0.3, -0.25) is 4.79 Å². The summed E-state index contributed by atoms with van der Waals surface area (Å²) in [4.78, 5) is 12.2. The van der Waals surface area contributed by atoms with Gasteiger partial charge in [0, 0.05) is 24.0 Å². The summed E-state index contributed by atoms with van der Waals surface area (Å²) < 4.78 is 5.58. The molecule has 0 saturated carbocycles. The van der Waals surface area contributed by atoms with Gasteiger partial charge in [0.15, 0.2) is 0 Å². The molecule has 1 aromatic heterocycles. The van der Waals surface area contributed by atoms with Gasteiger partial charge in [-0.1, -0.05) is 29.8 Å². The van der Waals surface area contributed by atoms with Crippen LogP contribution in [0.25, 0.3) is 10.1 Å². The molecule has 118 valence electrons. The van der Waals surface area contributed by atoms with Crippen LogP contribution in [-0.2, 0) is 0 Å². The summed E-state index contributed by atoms with van der Waals surface area (Å²) >= 11 is 1.48. The molecule has 3 aromatic rings. The number of aromatic nitrogens is 1. The predicted molar refractivity (Wildman–Crippen MR) is 96.4 cm³/mol. The van der Waals surface area contributed by atoms with Gasteiger partial charge in [0.25, 0.3) is 5.91 Å². The highest BCUT2D eigenvalue weighted by atomic mass is 32.1. The number of nitrogens with zero attached hydrogens (tertiary/aromatic N) is 1. The maximum atomic E-state index is 12.2. The summed E-state index contributed by atoms with van der Waals surface area (Å²) in [7, 11) is 0. The zero-order valence-corrected chi connectivity index (χ0v) is 14.0. The molecule has 2 aromatic carbocycles. The Morgan fingerprint density at radius 2 is 1.96 bits per heavy atom. The number of carbonyl (C=O) groups excluding carboxylic acids is 1. The molecule has 1 heterocycles. The molecule has 0 unspecified atom stereocenters. The van der Waals surface area contributed by atoms with Crippen LogP contribution in [0.1, 0.15) is 21.5 Å². The third-order valence-electron chi connectivity index (χ3n) is 3.72. The van der Waals surface area contributed by atoms with Crippen molar-refractivity contribution in [3.63, 3.8) is 0 Å². The summed E-state index contributed by atoms with van der Waals surface area (Å²) in [5, 5.41) is 7.36. The zero-order chi connectivity index (χ0) is 16.2. The molecular formula is C18H19N3OS. The summed E-state index contributed by atoms with van der Waals surface area (Å²) in [6.45, 7) is 5.14. The summed E-state index contributed by atoms with van der Waals surface area (Å²) in [6.07, 6.45) is 0. The Morgan fingerprint density at radius 1 is 1.13 bits per heavy atom. The van der Waals surface area contributed by atoms with Crippen LogP contribution < -0.4 is 10.6 Å². The Hall–Kier alpha value is -2.40. The first-order valence-corrected chi connectivity index (χ1v) is 8.36. The fourth-order valence-electron chi connectivity index (χ4n) is 2.45. The molecular weight excluding hydrogens is 306 g/mol. The Morgan fingerprint density at radius 3 is 2.83 bits per heavy atom. The largest absolute Gasteiger partial charge is 0.367 e. The molecule has 2 N–H and O–H groups in total. The first-order valence-electron chi connectivity index (χ1n) is 7.59. The first kappa shape index (κ1) is 15.5. The van der Waals surface area contributed by atoms with Crippen molar-refractivity contribution in [2.75, 3.05) is 18.4 Å². The van der Waals surface area contributed by atoms with E-state index in [-0.39, 0.29) is 5.91 Å². The van der Waals surface area contributed by atoms with Gasteiger partial charge in [-0.25, -0.2) is 0 Å². The van der Waals surface area contributed by atoms with E-state index in [0.29, 0.717) is 13.1 Å². The van der Waals surface area contributed by atoms with Crippen LogP contribution in [-0.4, -0.2) is 23.4 Å². The topological polar surface area (TPSA) is 54.0 Å². The lowest BCUT2D eigenvalue weighted by molar-refractivity contribution is 0.0954. The van der Waals surface area contributed by atoms with E-state index in [0.717, 1.165) is 32.6 Å². The number of nitrogens with one attached hydrogen (secondary N) is 2. The Kier molecular flexibility index (Phi) is 4.57. The van der Waals surface area contributed by atoms with Gasteiger partial charge < -0.3 is 10.6 Å². The maximum Gasteiger partial charge on any atom is 0.251 e. The maximum absolute atomic E-state index is 12.2. The zero-order valence-electron chi connectivity index (χ0n) is 13.2. The second-order valence-corrected chi connectivity index (χ2v) is 6.33. The van der Waals surface area contributed by atoms with E-state index in [1.807, 2.05) is 44.2 Å². The van der Waals surface area contributed by atoms with Crippen LogP contribution in [0.4, 0.5) is 5.82 Å². The number of hydrogen-bond acceptors (Lipinski definition) is 4. The number of hydrogen-bond donors (Lipinski definition) is 2. The van der Waals surface area contributed by atoms with Crippen LogP contribution in [0.3, 0.4) is 0 Å². The highest BCUT2D eigenvalue weighted by Gasteiger charge is 2.09. The van der Waals surface area contributed by atoms with Crippen LogP contribution in [0, 0.1) is 13.8 Å². The highest BCUT2D eigenvalue weighted by molar-refractivity contribution is 7.13. The molecule has 0 aliphatic heterocycles. The van der Waals surface area contributed by atoms with Crippen LogP contribution in [0.2, 0.25) is 0 Å². The summed E-state index contributed by atoms with van der Waals surface area (Å²) in [5.41, 5.74) is 2.82. The second-order valence-electron chi connectivity index (χ2n) is 5.53. The molecule has 0 radical (unpaired) electrons. The summed E-state index contributed by atoms with van der Waals surface area (Å²) in [5.74, 6) is 0.850. The summed E-state index contributed by atoms with van der Waals surface area (Å²) in [6, 6.07) is 14.0. The molecule has 4 nitrogen and oxygen atoms in total. The minimum absolute atomic E-state index is 0.0314. The van der Waals surface area contributed by atoms with Crippen molar-refractivity contribution in [3.05, 3.63) is 59.2 Å². The number of fused-ring (bicyclic) bond motifs is 1. The fraction of sp³-hybridized carbons (Fsp3) is 0.222. The van der Waals surface area contributed by atoms with Crippen molar-refractivity contribution in [1.82, 2.24) is 9.69 Å².